The number of pyridine rings is 1. The summed E-state index contributed by atoms with van der Waals surface area (Å²) in [6, 6.07) is 9.47. The molecule has 1 aromatic heterocycles. The lowest BCUT2D eigenvalue weighted by atomic mass is 10.2. The molecule has 90 valence electrons. The summed E-state index contributed by atoms with van der Waals surface area (Å²) in [5, 5.41) is 1.88. The van der Waals surface area contributed by atoms with Crippen LogP contribution in [-0.2, 0) is 6.54 Å². The van der Waals surface area contributed by atoms with Crippen LogP contribution in [0.3, 0.4) is 0 Å². The molecule has 2 rings (SSSR count). The fraction of sp³-hybridized carbons (Fsp3) is 0.357. The second-order valence-electron chi connectivity index (χ2n) is 4.14. The van der Waals surface area contributed by atoms with Crippen molar-refractivity contribution in [3.8, 4) is 0 Å². The molecule has 0 radical (unpaired) electrons. The van der Waals surface area contributed by atoms with Crippen molar-refractivity contribution in [1.82, 2.24) is 4.57 Å². The average Bonchev–Trinajstić information content (AvgIpc) is 2.37. The second-order valence-corrected chi connectivity index (χ2v) is 4.93. The molecular formula is C14H16BrNO. The van der Waals surface area contributed by atoms with Gasteiger partial charge in [0.1, 0.15) is 0 Å². The molecule has 0 saturated heterocycles. The van der Waals surface area contributed by atoms with Crippen molar-refractivity contribution < 1.29 is 0 Å². The quantitative estimate of drug-likeness (QED) is 0.610. The number of fused-ring (bicyclic) bond motifs is 1. The molecule has 1 heterocycles. The molecule has 17 heavy (non-hydrogen) atoms. The molecule has 0 saturated carbocycles. The smallest absolute Gasteiger partial charge is 0.189 e. The lowest BCUT2D eigenvalue weighted by molar-refractivity contribution is 0.616. The predicted octanol–water partition coefficient (Wildman–Crippen LogP) is 3.57. The van der Waals surface area contributed by atoms with E-state index >= 15 is 0 Å². The minimum atomic E-state index is 0.109. The number of hydrogen-bond donors (Lipinski definition) is 0. The van der Waals surface area contributed by atoms with Gasteiger partial charge in [0, 0.05) is 29.5 Å². The third-order valence-electron chi connectivity index (χ3n) is 2.92. The molecule has 0 aliphatic heterocycles. The number of hydrogen-bond acceptors (Lipinski definition) is 1. The molecule has 0 fully saturated rings. The molecule has 2 nitrogen and oxygen atoms in total. The van der Waals surface area contributed by atoms with Crippen LogP contribution in [0.4, 0.5) is 0 Å². The summed E-state index contributed by atoms with van der Waals surface area (Å²) in [5.41, 5.74) is 1.15. The Kier molecular flexibility index (Phi) is 4.37. The topological polar surface area (TPSA) is 22.0 Å². The first kappa shape index (κ1) is 12.4. The first-order chi connectivity index (χ1) is 8.33. The van der Waals surface area contributed by atoms with E-state index in [2.05, 4.69) is 20.5 Å². The number of aryl methyl sites for hydroxylation is 1. The van der Waals surface area contributed by atoms with E-state index in [9.17, 15) is 4.79 Å². The fourth-order valence-corrected chi connectivity index (χ4v) is 2.41. The number of para-hydroxylation sites is 1. The summed E-state index contributed by atoms with van der Waals surface area (Å²) in [5.74, 6) is 0. The first-order valence-electron chi connectivity index (χ1n) is 5.97. The van der Waals surface area contributed by atoms with Gasteiger partial charge in [0.05, 0.1) is 5.52 Å². The van der Waals surface area contributed by atoms with E-state index in [1.165, 1.54) is 12.8 Å². The number of rotatable bonds is 5. The maximum absolute atomic E-state index is 11.7. The minimum absolute atomic E-state index is 0.109. The molecule has 0 amide bonds. The number of aromatic nitrogens is 1. The van der Waals surface area contributed by atoms with Crippen molar-refractivity contribution in [2.24, 2.45) is 0 Å². The highest BCUT2D eigenvalue weighted by atomic mass is 79.9. The normalized spacial score (nSPS) is 10.9. The van der Waals surface area contributed by atoms with E-state index in [4.69, 9.17) is 0 Å². The van der Waals surface area contributed by atoms with Crippen molar-refractivity contribution in [2.75, 3.05) is 5.33 Å². The molecule has 0 unspecified atom stereocenters. The highest BCUT2D eigenvalue weighted by Crippen LogP contribution is 2.11. The zero-order valence-corrected chi connectivity index (χ0v) is 11.3. The van der Waals surface area contributed by atoms with Gasteiger partial charge in [-0.15, -0.1) is 0 Å². The Morgan fingerprint density at radius 2 is 1.88 bits per heavy atom. The minimum Gasteiger partial charge on any atom is -0.347 e. The van der Waals surface area contributed by atoms with Gasteiger partial charge in [0.2, 0.25) is 0 Å². The van der Waals surface area contributed by atoms with Gasteiger partial charge in [-0.05, 0) is 25.0 Å². The molecule has 0 spiro atoms. The predicted molar refractivity (Wildman–Crippen MR) is 75.9 cm³/mol. The zero-order chi connectivity index (χ0) is 12.1. The Morgan fingerprint density at radius 3 is 2.71 bits per heavy atom. The van der Waals surface area contributed by atoms with Crippen LogP contribution >= 0.6 is 15.9 Å². The van der Waals surface area contributed by atoms with Crippen LogP contribution in [0.15, 0.2) is 41.3 Å². The standard InChI is InChI=1S/C14H16BrNO/c15-9-4-1-5-10-16-11-8-14(17)12-6-2-3-7-13(12)16/h2-3,6-8,11H,1,4-5,9-10H2. The highest BCUT2D eigenvalue weighted by molar-refractivity contribution is 9.09. The van der Waals surface area contributed by atoms with Gasteiger partial charge in [-0.25, -0.2) is 0 Å². The van der Waals surface area contributed by atoms with Gasteiger partial charge in [-0.3, -0.25) is 4.79 Å². The van der Waals surface area contributed by atoms with E-state index in [1.54, 1.807) is 6.07 Å². The second kappa shape index (κ2) is 6.01. The van der Waals surface area contributed by atoms with Crippen molar-refractivity contribution in [1.29, 1.82) is 0 Å². The van der Waals surface area contributed by atoms with Crippen LogP contribution in [0, 0.1) is 0 Å². The third-order valence-corrected chi connectivity index (χ3v) is 3.48. The number of unbranched alkanes of at least 4 members (excludes halogenated alkanes) is 2. The molecule has 3 heteroatoms. The van der Waals surface area contributed by atoms with Gasteiger partial charge in [0.25, 0.3) is 0 Å². The maximum Gasteiger partial charge on any atom is 0.189 e. The van der Waals surface area contributed by atoms with E-state index < -0.39 is 0 Å². The van der Waals surface area contributed by atoms with E-state index in [0.717, 1.165) is 29.2 Å². The van der Waals surface area contributed by atoms with Gasteiger partial charge >= 0.3 is 0 Å². The Labute approximate surface area is 109 Å². The maximum atomic E-state index is 11.7. The molecule has 0 N–H and O–H groups in total. The molecule has 0 aliphatic rings. The van der Waals surface area contributed by atoms with Crippen LogP contribution in [-0.4, -0.2) is 9.90 Å². The summed E-state index contributed by atoms with van der Waals surface area (Å²) >= 11 is 3.44. The van der Waals surface area contributed by atoms with Gasteiger partial charge in [0.15, 0.2) is 5.43 Å². The zero-order valence-electron chi connectivity index (χ0n) is 9.73. The molecule has 0 bridgehead atoms. The molecule has 1 aromatic carbocycles. The first-order valence-corrected chi connectivity index (χ1v) is 7.09. The van der Waals surface area contributed by atoms with Crippen molar-refractivity contribution in [3.63, 3.8) is 0 Å². The molecule has 0 aliphatic carbocycles. The van der Waals surface area contributed by atoms with E-state index in [0.29, 0.717) is 0 Å². The fourth-order valence-electron chi connectivity index (χ4n) is 2.01. The van der Waals surface area contributed by atoms with E-state index in [-0.39, 0.29) is 5.43 Å². The molecule has 2 aromatic rings. The van der Waals surface area contributed by atoms with Crippen LogP contribution in [0.5, 0.6) is 0 Å². The Bertz CT molecular complexity index is 547. The third kappa shape index (κ3) is 2.97. The summed E-state index contributed by atoms with van der Waals surface area (Å²) in [7, 11) is 0. The molecule has 0 atom stereocenters. The monoisotopic (exact) mass is 293 g/mol. The number of halogens is 1. The van der Waals surface area contributed by atoms with Crippen LogP contribution < -0.4 is 5.43 Å². The van der Waals surface area contributed by atoms with Crippen molar-refractivity contribution in [2.45, 2.75) is 25.8 Å². The van der Waals surface area contributed by atoms with Crippen LogP contribution in [0.2, 0.25) is 0 Å². The summed E-state index contributed by atoms with van der Waals surface area (Å²) in [6.07, 6.45) is 5.47. The largest absolute Gasteiger partial charge is 0.347 e. The number of nitrogens with zero attached hydrogens (tertiary/aromatic N) is 1. The van der Waals surface area contributed by atoms with Crippen molar-refractivity contribution in [3.05, 3.63) is 46.8 Å². The summed E-state index contributed by atoms with van der Waals surface area (Å²) < 4.78 is 2.17. The van der Waals surface area contributed by atoms with Crippen LogP contribution in [0.25, 0.3) is 10.9 Å². The SMILES string of the molecule is O=c1ccn(CCCCCBr)c2ccccc12. The van der Waals surface area contributed by atoms with E-state index in [1.807, 2.05) is 30.5 Å². The van der Waals surface area contributed by atoms with Crippen LogP contribution in [0.1, 0.15) is 19.3 Å². The number of alkyl halides is 1. The van der Waals surface area contributed by atoms with Gasteiger partial charge in [-0.1, -0.05) is 34.5 Å². The summed E-state index contributed by atoms with van der Waals surface area (Å²) in [6.45, 7) is 0.980. The van der Waals surface area contributed by atoms with Gasteiger partial charge < -0.3 is 4.57 Å². The highest BCUT2D eigenvalue weighted by Gasteiger charge is 2.01. The number of benzene rings is 1. The summed E-state index contributed by atoms with van der Waals surface area (Å²) in [4.78, 5) is 11.7. The lowest BCUT2D eigenvalue weighted by Crippen LogP contribution is -2.08. The Hall–Kier alpha value is -1.09. The molecular weight excluding hydrogens is 278 g/mol. The Balaban J connectivity index is 2.23. The average molecular weight is 294 g/mol. The van der Waals surface area contributed by atoms with Crippen molar-refractivity contribution >= 4 is 26.8 Å². The lowest BCUT2D eigenvalue weighted by Gasteiger charge is -2.09. The van der Waals surface area contributed by atoms with Gasteiger partial charge in [-0.2, -0.15) is 0 Å². The Morgan fingerprint density at radius 1 is 1.06 bits per heavy atom.